The third-order valence-corrected chi connectivity index (χ3v) is 6.69. The number of aromatic nitrogens is 1. The maximum Gasteiger partial charge on any atom is 0.281 e. The Morgan fingerprint density at radius 3 is 2.84 bits per heavy atom. The van der Waals surface area contributed by atoms with Crippen LogP contribution >= 0.6 is 11.6 Å². The number of oxazole rings is 1. The molecule has 0 aliphatic carbocycles. The normalized spacial score (nSPS) is 19.4. The topological polar surface area (TPSA) is 66.7 Å². The number of hydrogen-bond acceptors (Lipinski definition) is 4. The van der Waals surface area contributed by atoms with Gasteiger partial charge in [-0.3, -0.25) is 0 Å². The molecule has 1 saturated heterocycles. The van der Waals surface area contributed by atoms with E-state index < -0.39 is 10.2 Å². The number of hydrogen-bond donors (Lipinski definition) is 0. The van der Waals surface area contributed by atoms with Gasteiger partial charge in [0.25, 0.3) is 10.2 Å². The third kappa shape index (κ3) is 4.06. The van der Waals surface area contributed by atoms with Crippen molar-refractivity contribution in [3.05, 3.63) is 52.7 Å². The van der Waals surface area contributed by atoms with Gasteiger partial charge in [0.15, 0.2) is 5.89 Å². The van der Waals surface area contributed by atoms with Gasteiger partial charge < -0.3 is 4.42 Å². The average molecular weight is 384 g/mol. The van der Waals surface area contributed by atoms with Crippen molar-refractivity contribution in [1.29, 1.82) is 0 Å². The standard InChI is InChI=1S/C17H22ClN3O3S/c1-20(2)25(22,23)21-9-5-7-14(12-21)17-19-11-15(24-17)10-13-6-3-4-8-16(13)18/h3-4,6,8,11,14H,5,7,9-10,12H2,1-2H3/t14-/m0/s1. The fraction of sp³-hybridized carbons (Fsp3) is 0.471. The predicted octanol–water partition coefficient (Wildman–Crippen LogP) is 2.90. The van der Waals surface area contributed by atoms with Crippen LogP contribution in [0.25, 0.3) is 0 Å². The maximum absolute atomic E-state index is 12.3. The highest BCUT2D eigenvalue weighted by molar-refractivity contribution is 7.86. The Kier molecular flexibility index (Phi) is 5.48. The summed E-state index contributed by atoms with van der Waals surface area (Å²) >= 11 is 6.19. The first-order valence-corrected chi connectivity index (χ1v) is 10.0. The minimum absolute atomic E-state index is 0.0246. The van der Waals surface area contributed by atoms with Crippen LogP contribution in [0.1, 0.15) is 36.0 Å². The van der Waals surface area contributed by atoms with Crippen molar-refractivity contribution in [2.24, 2.45) is 0 Å². The molecule has 0 saturated carbocycles. The van der Waals surface area contributed by atoms with Gasteiger partial charge >= 0.3 is 0 Å². The van der Waals surface area contributed by atoms with E-state index in [0.29, 0.717) is 30.4 Å². The van der Waals surface area contributed by atoms with Crippen LogP contribution in [0, 0.1) is 0 Å². The van der Waals surface area contributed by atoms with E-state index in [9.17, 15) is 8.42 Å². The zero-order chi connectivity index (χ0) is 18.0. The van der Waals surface area contributed by atoms with Crippen molar-refractivity contribution < 1.29 is 12.8 Å². The molecule has 1 aromatic carbocycles. The lowest BCUT2D eigenvalue weighted by Gasteiger charge is -2.32. The van der Waals surface area contributed by atoms with Gasteiger partial charge in [0, 0.05) is 44.5 Å². The van der Waals surface area contributed by atoms with Gasteiger partial charge in [0.05, 0.1) is 6.20 Å². The van der Waals surface area contributed by atoms with Crippen molar-refractivity contribution in [2.45, 2.75) is 25.2 Å². The first-order valence-electron chi connectivity index (χ1n) is 8.23. The summed E-state index contributed by atoms with van der Waals surface area (Å²) in [6.45, 7) is 0.927. The number of halogens is 1. The van der Waals surface area contributed by atoms with Crippen molar-refractivity contribution >= 4 is 21.8 Å². The van der Waals surface area contributed by atoms with Crippen molar-refractivity contribution in [2.75, 3.05) is 27.2 Å². The molecule has 0 bridgehead atoms. The van der Waals surface area contributed by atoms with Gasteiger partial charge in [-0.25, -0.2) is 4.98 Å². The van der Waals surface area contributed by atoms with Gasteiger partial charge in [0.2, 0.25) is 0 Å². The van der Waals surface area contributed by atoms with Crippen LogP contribution in [-0.2, 0) is 16.6 Å². The lowest BCUT2D eigenvalue weighted by molar-refractivity contribution is 0.270. The third-order valence-electron chi connectivity index (χ3n) is 4.42. The number of nitrogens with zero attached hydrogens (tertiary/aromatic N) is 3. The Morgan fingerprint density at radius 2 is 2.12 bits per heavy atom. The molecule has 8 heteroatoms. The molecule has 136 valence electrons. The molecule has 0 spiro atoms. The molecule has 25 heavy (non-hydrogen) atoms. The van der Waals surface area contributed by atoms with E-state index in [1.165, 1.54) is 8.61 Å². The van der Waals surface area contributed by atoms with Crippen LogP contribution in [0.5, 0.6) is 0 Å². The van der Waals surface area contributed by atoms with Crippen LogP contribution < -0.4 is 0 Å². The SMILES string of the molecule is CN(C)S(=O)(=O)N1CCC[C@H](c2ncc(Cc3ccccc3Cl)o2)C1. The smallest absolute Gasteiger partial charge is 0.281 e. The summed E-state index contributed by atoms with van der Waals surface area (Å²) in [5.74, 6) is 1.31. The molecule has 0 N–H and O–H groups in total. The van der Waals surface area contributed by atoms with Gasteiger partial charge in [-0.2, -0.15) is 17.0 Å². The highest BCUT2D eigenvalue weighted by Crippen LogP contribution is 2.29. The largest absolute Gasteiger partial charge is 0.445 e. The first-order chi connectivity index (χ1) is 11.9. The Labute approximate surface area is 153 Å². The molecule has 3 rings (SSSR count). The molecule has 1 aromatic heterocycles. The van der Waals surface area contributed by atoms with E-state index >= 15 is 0 Å². The Bertz CT molecular complexity index is 835. The zero-order valence-electron chi connectivity index (χ0n) is 14.4. The fourth-order valence-corrected chi connectivity index (χ4v) is 4.40. The number of benzene rings is 1. The molecule has 2 heterocycles. The maximum atomic E-state index is 12.3. The second-order valence-electron chi connectivity index (χ2n) is 6.42. The molecule has 1 aliphatic heterocycles. The fourth-order valence-electron chi connectivity index (χ4n) is 3.01. The zero-order valence-corrected chi connectivity index (χ0v) is 15.9. The molecular formula is C17H22ClN3O3S. The first kappa shape index (κ1) is 18.4. The van der Waals surface area contributed by atoms with Crippen LogP contribution in [-0.4, -0.2) is 49.2 Å². The summed E-state index contributed by atoms with van der Waals surface area (Å²) in [4.78, 5) is 4.38. The summed E-state index contributed by atoms with van der Waals surface area (Å²) in [5, 5.41) is 0.696. The monoisotopic (exact) mass is 383 g/mol. The Morgan fingerprint density at radius 1 is 1.36 bits per heavy atom. The molecule has 1 atom stereocenters. The molecule has 6 nitrogen and oxygen atoms in total. The summed E-state index contributed by atoms with van der Waals surface area (Å²) in [6.07, 6.45) is 3.93. The van der Waals surface area contributed by atoms with Crippen LogP contribution in [0.2, 0.25) is 5.02 Å². The molecular weight excluding hydrogens is 362 g/mol. The lowest BCUT2D eigenvalue weighted by atomic mass is 10.00. The minimum atomic E-state index is -3.41. The number of piperidine rings is 1. The molecule has 1 aliphatic rings. The van der Waals surface area contributed by atoms with E-state index in [2.05, 4.69) is 4.98 Å². The van der Waals surface area contributed by atoms with Crippen LogP contribution in [0.4, 0.5) is 0 Å². The molecule has 0 radical (unpaired) electrons. The van der Waals surface area contributed by atoms with Gasteiger partial charge in [-0.15, -0.1) is 0 Å². The van der Waals surface area contributed by atoms with Crippen molar-refractivity contribution in [3.63, 3.8) is 0 Å². The molecule has 2 aromatic rings. The van der Waals surface area contributed by atoms with E-state index in [-0.39, 0.29) is 5.92 Å². The summed E-state index contributed by atoms with van der Waals surface area (Å²) in [5.41, 5.74) is 0.979. The van der Waals surface area contributed by atoms with E-state index in [1.807, 2.05) is 24.3 Å². The highest BCUT2D eigenvalue weighted by Gasteiger charge is 2.33. The Hall–Kier alpha value is -1.41. The lowest BCUT2D eigenvalue weighted by Crippen LogP contribution is -2.44. The molecule has 0 unspecified atom stereocenters. The van der Waals surface area contributed by atoms with E-state index in [1.54, 1.807) is 20.3 Å². The summed E-state index contributed by atoms with van der Waals surface area (Å²) in [6, 6.07) is 7.62. The quantitative estimate of drug-likeness (QED) is 0.796. The summed E-state index contributed by atoms with van der Waals surface area (Å²) < 4.78 is 33.3. The van der Waals surface area contributed by atoms with Gasteiger partial charge in [0.1, 0.15) is 5.76 Å². The van der Waals surface area contributed by atoms with E-state index in [4.69, 9.17) is 16.0 Å². The van der Waals surface area contributed by atoms with Crippen LogP contribution in [0.15, 0.2) is 34.9 Å². The highest BCUT2D eigenvalue weighted by atomic mass is 35.5. The minimum Gasteiger partial charge on any atom is -0.445 e. The molecule has 0 amide bonds. The number of rotatable bonds is 5. The Balaban J connectivity index is 1.73. The summed E-state index contributed by atoms with van der Waals surface area (Å²) in [7, 11) is -0.314. The van der Waals surface area contributed by atoms with Gasteiger partial charge in [-0.1, -0.05) is 29.8 Å². The average Bonchev–Trinajstić information content (AvgIpc) is 3.05. The van der Waals surface area contributed by atoms with Crippen LogP contribution in [0.3, 0.4) is 0 Å². The second-order valence-corrected chi connectivity index (χ2v) is 8.97. The van der Waals surface area contributed by atoms with E-state index in [0.717, 1.165) is 24.2 Å². The molecule has 1 fully saturated rings. The second kappa shape index (κ2) is 7.45. The van der Waals surface area contributed by atoms with Crippen molar-refractivity contribution in [1.82, 2.24) is 13.6 Å². The predicted molar refractivity (Wildman–Crippen MR) is 96.9 cm³/mol. The van der Waals surface area contributed by atoms with Crippen molar-refractivity contribution in [3.8, 4) is 0 Å². The van der Waals surface area contributed by atoms with Gasteiger partial charge in [-0.05, 0) is 24.5 Å².